The Kier molecular flexibility index (Phi) is 6.79. The lowest BCUT2D eigenvalue weighted by atomic mass is 9.92. The number of alkyl halides is 11. The summed E-state index contributed by atoms with van der Waals surface area (Å²) in [6.45, 7) is 0.545. The van der Waals surface area contributed by atoms with E-state index in [0.717, 1.165) is 19.1 Å². The third kappa shape index (κ3) is 4.09. The number of carbonyl (C=O) groups is 1. The fourth-order valence-electron chi connectivity index (χ4n) is 2.63. The van der Waals surface area contributed by atoms with Gasteiger partial charge in [-0.05, 0) is 6.92 Å². The minimum absolute atomic E-state index is 0.285. The van der Waals surface area contributed by atoms with E-state index in [9.17, 15) is 53.1 Å². The highest BCUT2D eigenvalue weighted by atomic mass is 19.4. The van der Waals surface area contributed by atoms with Crippen molar-refractivity contribution in [3.05, 3.63) is 41.6 Å². The highest BCUT2D eigenvalue weighted by Gasteiger charge is 2.87. The molecule has 1 aromatic carbocycles. The molecule has 2 N–H and O–H groups in total. The van der Waals surface area contributed by atoms with Crippen LogP contribution in [0.1, 0.15) is 23.0 Å². The van der Waals surface area contributed by atoms with Gasteiger partial charge in [0.05, 0.1) is 12.3 Å². The summed E-state index contributed by atoms with van der Waals surface area (Å²) in [6, 6.07) is 6.02. The molecule has 0 radical (unpaired) electrons. The molecule has 0 saturated heterocycles. The van der Waals surface area contributed by atoms with Crippen LogP contribution in [0.5, 0.6) is 0 Å². The maximum Gasteiger partial charge on any atom is 0.460 e. The number of esters is 1. The van der Waals surface area contributed by atoms with Gasteiger partial charge >= 0.3 is 35.8 Å². The molecule has 0 aliphatic rings. The number of hydrogen-bond acceptors (Lipinski definition) is 5. The van der Waals surface area contributed by atoms with Crippen molar-refractivity contribution >= 4 is 11.9 Å². The summed E-state index contributed by atoms with van der Waals surface area (Å²) in [5.74, 6) is -32.6. The Hall–Kier alpha value is -3.20. The number of nitrogen functional groups attached to an aromatic ring is 1. The molecule has 0 atom stereocenters. The molecule has 0 aliphatic heterocycles. The lowest BCUT2D eigenvalue weighted by Gasteiger charge is -2.37. The number of rotatable bonds is 7. The molecule has 0 fully saturated rings. The minimum Gasteiger partial charge on any atom is -0.462 e. The van der Waals surface area contributed by atoms with Crippen molar-refractivity contribution in [1.82, 2.24) is 9.97 Å². The first-order valence-corrected chi connectivity index (χ1v) is 8.83. The monoisotopic (exact) mass is 511 g/mol. The summed E-state index contributed by atoms with van der Waals surface area (Å²) in [5.41, 5.74) is -0.400. The lowest BCUT2D eigenvalue weighted by Crippen LogP contribution is -2.65. The van der Waals surface area contributed by atoms with Crippen molar-refractivity contribution in [3.63, 3.8) is 0 Å². The number of hydrogen-bond donors (Lipinski definition) is 1. The Morgan fingerprint density at radius 1 is 0.853 bits per heavy atom. The zero-order valence-corrected chi connectivity index (χ0v) is 16.5. The molecule has 1 aromatic heterocycles. The van der Waals surface area contributed by atoms with Gasteiger partial charge in [-0.3, -0.25) is 0 Å². The smallest absolute Gasteiger partial charge is 0.460 e. The van der Waals surface area contributed by atoms with E-state index in [4.69, 9.17) is 5.73 Å². The summed E-state index contributed by atoms with van der Waals surface area (Å²) < 4.78 is 154. The predicted octanol–water partition coefficient (Wildman–Crippen LogP) is 5.46. The molecule has 0 spiro atoms. The van der Waals surface area contributed by atoms with E-state index in [1.807, 2.05) is 0 Å². The van der Waals surface area contributed by atoms with Crippen molar-refractivity contribution in [3.8, 4) is 11.3 Å². The van der Waals surface area contributed by atoms with E-state index in [-0.39, 0.29) is 5.56 Å². The van der Waals surface area contributed by atoms with Gasteiger partial charge in [-0.25, -0.2) is 14.8 Å². The topological polar surface area (TPSA) is 78.1 Å². The van der Waals surface area contributed by atoms with E-state index in [1.165, 1.54) is 18.2 Å². The fourth-order valence-corrected chi connectivity index (χ4v) is 2.63. The SMILES string of the molecule is CCOC(=O)c1c(-c2ccccc2)nc(N)nc1C(F)(F)C(F)(F)C(F)(F)C(F)(F)C(F)(F)F. The largest absolute Gasteiger partial charge is 0.462 e. The van der Waals surface area contributed by atoms with Gasteiger partial charge in [-0.1, -0.05) is 30.3 Å². The molecule has 2 rings (SSSR count). The van der Waals surface area contributed by atoms with Gasteiger partial charge in [-0.15, -0.1) is 0 Å². The van der Waals surface area contributed by atoms with Crippen LogP contribution >= 0.6 is 0 Å². The summed E-state index contributed by atoms with van der Waals surface area (Å²) in [7, 11) is 0. The summed E-state index contributed by atoms with van der Waals surface area (Å²) in [5, 5.41) is 0. The molecule has 0 unspecified atom stereocenters. The van der Waals surface area contributed by atoms with Crippen LogP contribution in [0, 0.1) is 0 Å². The van der Waals surface area contributed by atoms with Crippen molar-refractivity contribution in [2.24, 2.45) is 0 Å². The van der Waals surface area contributed by atoms with Crippen LogP contribution in [-0.4, -0.2) is 46.5 Å². The predicted molar refractivity (Wildman–Crippen MR) is 92.6 cm³/mol. The average Bonchev–Trinajstić information content (AvgIpc) is 2.72. The maximum atomic E-state index is 14.8. The number of nitrogens with two attached hydrogens (primary N) is 1. The van der Waals surface area contributed by atoms with Gasteiger partial charge in [0.25, 0.3) is 0 Å². The van der Waals surface area contributed by atoms with Crippen molar-refractivity contribution < 1.29 is 57.8 Å². The summed E-state index contributed by atoms with van der Waals surface area (Å²) in [6.07, 6.45) is -7.35. The molecule has 188 valence electrons. The van der Waals surface area contributed by atoms with Crippen LogP contribution in [0.2, 0.25) is 0 Å². The molecule has 0 bridgehead atoms. The standard InChI is InChI=1S/C18H12F11N3O2/c1-2-34-12(33)9-10(8-6-4-3-5-7-8)31-13(30)32-11(9)14(19,20)15(21,22)16(23,24)17(25,26)18(27,28)29/h3-7H,2H2,1H3,(H2,30,31,32). The molecule has 2 aromatic rings. The molecule has 16 heteroatoms. The Morgan fingerprint density at radius 3 is 1.85 bits per heavy atom. The maximum absolute atomic E-state index is 14.8. The van der Waals surface area contributed by atoms with Gasteiger partial charge in [0.1, 0.15) is 11.3 Å². The number of ether oxygens (including phenoxy) is 1. The number of anilines is 1. The second kappa shape index (κ2) is 8.54. The fraction of sp³-hybridized carbons (Fsp3) is 0.389. The van der Waals surface area contributed by atoms with Gasteiger partial charge < -0.3 is 10.5 Å². The molecule has 0 saturated carbocycles. The van der Waals surface area contributed by atoms with E-state index in [2.05, 4.69) is 14.7 Å². The van der Waals surface area contributed by atoms with Crippen molar-refractivity contribution in [2.75, 3.05) is 12.3 Å². The number of carbonyl (C=O) groups excluding carboxylic acids is 1. The molecule has 1 heterocycles. The van der Waals surface area contributed by atoms with Gasteiger partial charge in [-0.2, -0.15) is 48.3 Å². The number of aromatic nitrogens is 2. The lowest BCUT2D eigenvalue weighted by molar-refractivity contribution is -0.425. The first-order chi connectivity index (χ1) is 15.3. The van der Waals surface area contributed by atoms with Crippen molar-refractivity contribution in [2.45, 2.75) is 36.8 Å². The van der Waals surface area contributed by atoms with Gasteiger partial charge in [0.15, 0.2) is 0 Å². The Labute approximate surface area is 182 Å². The zero-order valence-electron chi connectivity index (χ0n) is 16.5. The number of benzene rings is 1. The van der Waals surface area contributed by atoms with Crippen molar-refractivity contribution in [1.29, 1.82) is 0 Å². The van der Waals surface area contributed by atoms with Crippen LogP contribution in [0.25, 0.3) is 11.3 Å². The Morgan fingerprint density at radius 2 is 1.38 bits per heavy atom. The molecular formula is C18H12F11N3O2. The van der Waals surface area contributed by atoms with Crippen LogP contribution < -0.4 is 5.73 Å². The van der Waals surface area contributed by atoms with E-state index < -0.39 is 65.3 Å². The first-order valence-electron chi connectivity index (χ1n) is 8.83. The Bertz CT molecular complexity index is 1060. The molecular weight excluding hydrogens is 499 g/mol. The quantitative estimate of drug-likeness (QED) is 0.395. The second-order valence-electron chi connectivity index (χ2n) is 6.54. The molecule has 5 nitrogen and oxygen atoms in total. The van der Waals surface area contributed by atoms with E-state index in [0.29, 0.717) is 0 Å². The van der Waals surface area contributed by atoms with E-state index >= 15 is 0 Å². The highest BCUT2D eigenvalue weighted by Crippen LogP contribution is 2.60. The molecule has 0 aliphatic carbocycles. The average molecular weight is 511 g/mol. The minimum atomic E-state index is -7.71. The second-order valence-corrected chi connectivity index (χ2v) is 6.54. The molecule has 34 heavy (non-hydrogen) atoms. The normalized spacial score (nSPS) is 13.6. The third-order valence-corrected chi connectivity index (χ3v) is 4.29. The van der Waals surface area contributed by atoms with Crippen LogP contribution in [0.4, 0.5) is 54.2 Å². The van der Waals surface area contributed by atoms with Crippen LogP contribution in [0.3, 0.4) is 0 Å². The summed E-state index contributed by atoms with van der Waals surface area (Å²) >= 11 is 0. The molecule has 0 amide bonds. The van der Waals surface area contributed by atoms with Gasteiger partial charge in [0, 0.05) is 5.56 Å². The van der Waals surface area contributed by atoms with Crippen LogP contribution in [-0.2, 0) is 10.7 Å². The third-order valence-electron chi connectivity index (χ3n) is 4.29. The van der Waals surface area contributed by atoms with Gasteiger partial charge in [0.2, 0.25) is 5.95 Å². The first kappa shape index (κ1) is 27.0. The highest BCUT2D eigenvalue weighted by molar-refractivity contribution is 5.97. The van der Waals surface area contributed by atoms with Crippen LogP contribution in [0.15, 0.2) is 30.3 Å². The number of nitrogens with zero attached hydrogens (tertiary/aromatic N) is 2. The summed E-state index contributed by atoms with van der Waals surface area (Å²) in [4.78, 5) is 18.4. The zero-order chi connectivity index (χ0) is 26.3. The number of halogens is 11. The Balaban J connectivity index is 2.90. The van der Waals surface area contributed by atoms with E-state index in [1.54, 1.807) is 0 Å².